The molecule has 3 nitrogen and oxygen atoms in total. The molecule has 1 amide bonds. The zero-order valence-corrected chi connectivity index (χ0v) is 10.4. The summed E-state index contributed by atoms with van der Waals surface area (Å²) in [6.45, 7) is 0. The minimum Gasteiger partial charge on any atom is -0.378 e. The average molecular weight is 233 g/mol. The van der Waals surface area contributed by atoms with E-state index >= 15 is 0 Å². The lowest BCUT2D eigenvalue weighted by atomic mass is 9.89. The van der Waals surface area contributed by atoms with Crippen molar-refractivity contribution in [1.29, 1.82) is 0 Å². The molecule has 1 N–H and O–H groups in total. The van der Waals surface area contributed by atoms with Crippen LogP contribution in [0.15, 0.2) is 18.2 Å². The fourth-order valence-corrected chi connectivity index (χ4v) is 2.31. The second-order valence-corrected chi connectivity index (χ2v) is 4.87. The number of rotatable bonds is 2. The monoisotopic (exact) mass is 233 g/mol. The summed E-state index contributed by atoms with van der Waals surface area (Å²) in [6, 6.07) is 5.91. The van der Waals surface area contributed by atoms with Crippen molar-refractivity contribution in [2.24, 2.45) is 0 Å². The van der Waals surface area contributed by atoms with E-state index in [1.165, 1.54) is 28.9 Å². The highest BCUT2D eigenvalue weighted by molar-refractivity contribution is 5.81. The number of fused-ring (bicyclic) bond motifs is 1. The Morgan fingerprint density at radius 1 is 1.24 bits per heavy atom. The van der Waals surface area contributed by atoms with Crippen LogP contribution in [0.5, 0.6) is 0 Å². The molecular formula is C14H19NO2. The third kappa shape index (κ3) is 2.50. The van der Waals surface area contributed by atoms with E-state index in [-0.39, 0.29) is 5.91 Å². The Hall–Kier alpha value is -1.35. The van der Waals surface area contributed by atoms with Gasteiger partial charge in [0.15, 0.2) is 6.10 Å². The predicted molar refractivity (Wildman–Crippen MR) is 66.7 cm³/mol. The Kier molecular flexibility index (Phi) is 3.48. The van der Waals surface area contributed by atoms with Crippen LogP contribution in [0.3, 0.4) is 0 Å². The molecule has 1 aliphatic carbocycles. The number of aliphatic hydroxyl groups is 1. The standard InChI is InChI=1S/C14H19NO2/c1-15(2)14(17)13(16)12-8-7-10-5-3-4-6-11(10)9-12/h7-9,13,16H,3-6H2,1-2H3. The molecule has 1 unspecified atom stereocenters. The first-order chi connectivity index (χ1) is 8.09. The molecule has 1 atom stereocenters. The van der Waals surface area contributed by atoms with E-state index < -0.39 is 6.10 Å². The maximum atomic E-state index is 11.7. The lowest BCUT2D eigenvalue weighted by molar-refractivity contribution is -0.137. The maximum absolute atomic E-state index is 11.7. The normalized spacial score (nSPS) is 16.2. The van der Waals surface area contributed by atoms with E-state index in [1.54, 1.807) is 14.1 Å². The summed E-state index contributed by atoms with van der Waals surface area (Å²) in [7, 11) is 3.31. The Labute approximate surface area is 102 Å². The third-order valence-corrected chi connectivity index (χ3v) is 3.36. The Balaban J connectivity index is 2.24. The smallest absolute Gasteiger partial charge is 0.255 e. The van der Waals surface area contributed by atoms with Crippen molar-refractivity contribution >= 4 is 5.91 Å². The topological polar surface area (TPSA) is 40.5 Å². The van der Waals surface area contributed by atoms with E-state index in [0.29, 0.717) is 5.56 Å². The average Bonchev–Trinajstić information content (AvgIpc) is 2.36. The molecule has 0 saturated heterocycles. The number of aryl methyl sites for hydroxylation is 2. The number of hydrogen-bond donors (Lipinski definition) is 1. The molecule has 0 radical (unpaired) electrons. The molecular weight excluding hydrogens is 214 g/mol. The zero-order valence-electron chi connectivity index (χ0n) is 10.4. The van der Waals surface area contributed by atoms with Crippen LogP contribution >= 0.6 is 0 Å². The zero-order chi connectivity index (χ0) is 12.4. The molecule has 2 rings (SSSR count). The van der Waals surface area contributed by atoms with Gasteiger partial charge >= 0.3 is 0 Å². The second-order valence-electron chi connectivity index (χ2n) is 4.87. The molecule has 0 spiro atoms. The summed E-state index contributed by atoms with van der Waals surface area (Å²) in [5.74, 6) is -0.263. The van der Waals surface area contributed by atoms with E-state index in [0.717, 1.165) is 12.8 Å². The van der Waals surface area contributed by atoms with Crippen molar-refractivity contribution in [2.75, 3.05) is 14.1 Å². The molecule has 1 aromatic carbocycles. The van der Waals surface area contributed by atoms with Crippen molar-refractivity contribution in [3.8, 4) is 0 Å². The number of aliphatic hydroxyl groups excluding tert-OH is 1. The summed E-state index contributed by atoms with van der Waals surface area (Å²) in [5.41, 5.74) is 3.37. The minimum absolute atomic E-state index is 0.263. The van der Waals surface area contributed by atoms with Crippen LogP contribution in [-0.2, 0) is 17.6 Å². The first-order valence-corrected chi connectivity index (χ1v) is 6.10. The van der Waals surface area contributed by atoms with Crippen molar-refractivity contribution < 1.29 is 9.90 Å². The van der Waals surface area contributed by atoms with Crippen LogP contribution in [0.2, 0.25) is 0 Å². The molecule has 1 aliphatic rings. The van der Waals surface area contributed by atoms with Gasteiger partial charge in [0.2, 0.25) is 0 Å². The summed E-state index contributed by atoms with van der Waals surface area (Å²) in [4.78, 5) is 13.1. The largest absolute Gasteiger partial charge is 0.378 e. The fourth-order valence-electron chi connectivity index (χ4n) is 2.31. The number of carbonyl (C=O) groups is 1. The molecule has 0 fully saturated rings. The molecule has 0 saturated carbocycles. The van der Waals surface area contributed by atoms with E-state index in [4.69, 9.17) is 0 Å². The van der Waals surface area contributed by atoms with E-state index in [9.17, 15) is 9.90 Å². The van der Waals surface area contributed by atoms with Crippen LogP contribution < -0.4 is 0 Å². The Morgan fingerprint density at radius 3 is 2.53 bits per heavy atom. The Bertz CT molecular complexity index is 426. The first kappa shape index (κ1) is 12.1. The van der Waals surface area contributed by atoms with Gasteiger partial charge in [-0.15, -0.1) is 0 Å². The van der Waals surface area contributed by atoms with Gasteiger partial charge in [-0.3, -0.25) is 4.79 Å². The third-order valence-electron chi connectivity index (χ3n) is 3.36. The van der Waals surface area contributed by atoms with Crippen molar-refractivity contribution in [2.45, 2.75) is 31.8 Å². The quantitative estimate of drug-likeness (QED) is 0.844. The van der Waals surface area contributed by atoms with Crippen molar-refractivity contribution in [3.63, 3.8) is 0 Å². The predicted octanol–water partition coefficient (Wildman–Crippen LogP) is 1.69. The second kappa shape index (κ2) is 4.88. The van der Waals surface area contributed by atoms with Gasteiger partial charge in [0, 0.05) is 14.1 Å². The maximum Gasteiger partial charge on any atom is 0.255 e. The Morgan fingerprint density at radius 2 is 1.88 bits per heavy atom. The van der Waals surface area contributed by atoms with Crippen LogP contribution in [0.4, 0.5) is 0 Å². The number of likely N-dealkylation sites (N-methyl/N-ethyl adjacent to an activating group) is 1. The number of amides is 1. The van der Waals surface area contributed by atoms with Gasteiger partial charge < -0.3 is 10.0 Å². The number of carbonyl (C=O) groups excluding carboxylic acids is 1. The summed E-state index contributed by atoms with van der Waals surface area (Å²) >= 11 is 0. The van der Waals surface area contributed by atoms with Crippen molar-refractivity contribution in [3.05, 3.63) is 34.9 Å². The highest BCUT2D eigenvalue weighted by Crippen LogP contribution is 2.25. The number of benzene rings is 1. The molecule has 1 aromatic rings. The van der Waals surface area contributed by atoms with Gasteiger partial charge in [0.25, 0.3) is 5.91 Å². The minimum atomic E-state index is -1.03. The van der Waals surface area contributed by atoms with Gasteiger partial charge in [-0.25, -0.2) is 0 Å². The highest BCUT2D eigenvalue weighted by atomic mass is 16.3. The van der Waals surface area contributed by atoms with Gasteiger partial charge in [-0.2, -0.15) is 0 Å². The summed E-state index contributed by atoms with van der Waals surface area (Å²) < 4.78 is 0. The number of nitrogens with zero attached hydrogens (tertiary/aromatic N) is 1. The molecule has 17 heavy (non-hydrogen) atoms. The van der Waals surface area contributed by atoms with Crippen LogP contribution in [0.25, 0.3) is 0 Å². The first-order valence-electron chi connectivity index (χ1n) is 6.10. The van der Waals surface area contributed by atoms with Crippen molar-refractivity contribution in [1.82, 2.24) is 4.90 Å². The summed E-state index contributed by atoms with van der Waals surface area (Å²) in [6.07, 6.45) is 3.59. The fraction of sp³-hybridized carbons (Fsp3) is 0.500. The summed E-state index contributed by atoms with van der Waals surface area (Å²) in [5, 5.41) is 9.97. The van der Waals surface area contributed by atoms with Crippen LogP contribution in [0, 0.1) is 0 Å². The van der Waals surface area contributed by atoms with Gasteiger partial charge in [-0.05, 0) is 42.4 Å². The van der Waals surface area contributed by atoms with E-state index in [2.05, 4.69) is 6.07 Å². The molecule has 0 heterocycles. The number of hydrogen-bond acceptors (Lipinski definition) is 2. The van der Waals surface area contributed by atoms with Crippen LogP contribution in [0.1, 0.15) is 35.6 Å². The molecule has 92 valence electrons. The lowest BCUT2D eigenvalue weighted by Gasteiger charge is -2.20. The van der Waals surface area contributed by atoms with Gasteiger partial charge in [0.1, 0.15) is 0 Å². The van der Waals surface area contributed by atoms with Crippen LogP contribution in [-0.4, -0.2) is 30.0 Å². The van der Waals surface area contributed by atoms with Gasteiger partial charge in [-0.1, -0.05) is 18.2 Å². The van der Waals surface area contributed by atoms with Gasteiger partial charge in [0.05, 0.1) is 0 Å². The SMILES string of the molecule is CN(C)C(=O)C(O)c1ccc2c(c1)CCCC2. The molecule has 0 bridgehead atoms. The molecule has 0 aromatic heterocycles. The van der Waals surface area contributed by atoms with E-state index in [1.807, 2.05) is 12.1 Å². The highest BCUT2D eigenvalue weighted by Gasteiger charge is 2.20. The molecule has 3 heteroatoms. The lowest BCUT2D eigenvalue weighted by Crippen LogP contribution is -2.28. The molecule has 0 aliphatic heterocycles.